The predicted octanol–water partition coefficient (Wildman–Crippen LogP) is -0.957. The second-order valence-corrected chi connectivity index (χ2v) is 2.79. The molecule has 0 aromatic carbocycles. The van der Waals surface area contributed by atoms with Crippen LogP contribution in [0.4, 0.5) is 0 Å². The summed E-state index contributed by atoms with van der Waals surface area (Å²) in [5.41, 5.74) is 5.46. The van der Waals surface area contributed by atoms with Gasteiger partial charge in [0.25, 0.3) is 5.91 Å². The predicted molar refractivity (Wildman–Crippen MR) is 35.9 cm³/mol. The van der Waals surface area contributed by atoms with Crippen molar-refractivity contribution in [2.75, 3.05) is 13.2 Å². The number of fused-ring (bicyclic) bond motifs is 1. The SMILES string of the molecule is O=C1NNCN2CCCC12. The van der Waals surface area contributed by atoms with Crippen molar-refractivity contribution in [2.45, 2.75) is 18.9 Å². The molecule has 2 fully saturated rings. The van der Waals surface area contributed by atoms with Gasteiger partial charge in [0.05, 0.1) is 12.7 Å². The molecule has 0 saturated carbocycles. The van der Waals surface area contributed by atoms with Crippen molar-refractivity contribution in [3.05, 3.63) is 0 Å². The molecule has 1 atom stereocenters. The van der Waals surface area contributed by atoms with E-state index < -0.39 is 0 Å². The van der Waals surface area contributed by atoms with E-state index in [0.29, 0.717) is 0 Å². The molecular weight excluding hydrogens is 130 g/mol. The van der Waals surface area contributed by atoms with Gasteiger partial charge in [-0.25, -0.2) is 5.43 Å². The third-order valence-corrected chi connectivity index (χ3v) is 2.16. The highest BCUT2D eigenvalue weighted by atomic mass is 16.2. The maximum Gasteiger partial charge on any atom is 0.251 e. The molecule has 2 saturated heterocycles. The Labute approximate surface area is 59.5 Å². The fourth-order valence-electron chi connectivity index (χ4n) is 1.62. The van der Waals surface area contributed by atoms with Crippen LogP contribution in [0.3, 0.4) is 0 Å². The fourth-order valence-corrected chi connectivity index (χ4v) is 1.62. The summed E-state index contributed by atoms with van der Waals surface area (Å²) in [4.78, 5) is 13.2. The summed E-state index contributed by atoms with van der Waals surface area (Å²) in [6.45, 7) is 1.86. The van der Waals surface area contributed by atoms with Crippen LogP contribution in [-0.4, -0.2) is 30.1 Å². The zero-order chi connectivity index (χ0) is 6.97. The molecule has 2 aliphatic heterocycles. The van der Waals surface area contributed by atoms with Crippen molar-refractivity contribution in [3.8, 4) is 0 Å². The Bertz CT molecular complexity index is 159. The van der Waals surface area contributed by atoms with E-state index in [0.717, 1.165) is 26.1 Å². The number of rotatable bonds is 0. The Kier molecular flexibility index (Phi) is 1.35. The summed E-state index contributed by atoms with van der Waals surface area (Å²) in [5, 5.41) is 0. The molecule has 56 valence electrons. The van der Waals surface area contributed by atoms with Crippen LogP contribution in [0.1, 0.15) is 12.8 Å². The number of nitrogens with zero attached hydrogens (tertiary/aromatic N) is 1. The monoisotopic (exact) mass is 141 g/mol. The summed E-state index contributed by atoms with van der Waals surface area (Å²) in [6, 6.07) is 0.154. The van der Waals surface area contributed by atoms with Gasteiger partial charge in [0.1, 0.15) is 0 Å². The zero-order valence-electron chi connectivity index (χ0n) is 5.76. The standard InChI is InChI=1S/C6H11N3O/c10-6-5-2-1-3-9(5)4-7-8-6/h5,7H,1-4H2,(H,8,10). The van der Waals surface area contributed by atoms with E-state index >= 15 is 0 Å². The molecular formula is C6H11N3O. The van der Waals surface area contributed by atoms with Gasteiger partial charge in [-0.15, -0.1) is 0 Å². The normalized spacial score (nSPS) is 33.6. The highest BCUT2D eigenvalue weighted by Crippen LogP contribution is 2.17. The van der Waals surface area contributed by atoms with Crippen LogP contribution in [0.25, 0.3) is 0 Å². The summed E-state index contributed by atoms with van der Waals surface area (Å²) in [6.07, 6.45) is 2.17. The third kappa shape index (κ3) is 0.803. The Morgan fingerprint density at radius 3 is 3.30 bits per heavy atom. The minimum Gasteiger partial charge on any atom is -0.289 e. The van der Waals surface area contributed by atoms with Gasteiger partial charge in [-0.2, -0.15) is 0 Å². The molecule has 2 heterocycles. The molecule has 1 amide bonds. The highest BCUT2D eigenvalue weighted by Gasteiger charge is 2.32. The van der Waals surface area contributed by atoms with E-state index in [2.05, 4.69) is 15.8 Å². The molecule has 0 bridgehead atoms. The molecule has 1 unspecified atom stereocenters. The van der Waals surface area contributed by atoms with E-state index in [-0.39, 0.29) is 11.9 Å². The van der Waals surface area contributed by atoms with Crippen molar-refractivity contribution in [1.82, 2.24) is 15.8 Å². The first-order chi connectivity index (χ1) is 4.88. The summed E-state index contributed by atoms with van der Waals surface area (Å²) in [5.74, 6) is 0.128. The van der Waals surface area contributed by atoms with Gasteiger partial charge in [-0.05, 0) is 12.8 Å². The van der Waals surface area contributed by atoms with Crippen LogP contribution >= 0.6 is 0 Å². The molecule has 0 spiro atoms. The van der Waals surface area contributed by atoms with Crippen molar-refractivity contribution in [1.29, 1.82) is 0 Å². The van der Waals surface area contributed by atoms with Crippen LogP contribution < -0.4 is 10.9 Å². The lowest BCUT2D eigenvalue weighted by Crippen LogP contribution is -2.58. The molecule has 2 N–H and O–H groups in total. The number of hydrogen-bond acceptors (Lipinski definition) is 3. The van der Waals surface area contributed by atoms with Crippen molar-refractivity contribution >= 4 is 5.91 Å². The maximum atomic E-state index is 11.1. The van der Waals surface area contributed by atoms with E-state index in [1.54, 1.807) is 0 Å². The quantitative estimate of drug-likeness (QED) is 0.457. The third-order valence-electron chi connectivity index (χ3n) is 2.16. The van der Waals surface area contributed by atoms with E-state index in [1.807, 2.05) is 0 Å². The maximum absolute atomic E-state index is 11.1. The molecule has 0 aliphatic carbocycles. The second-order valence-electron chi connectivity index (χ2n) is 2.79. The van der Waals surface area contributed by atoms with Crippen LogP contribution in [-0.2, 0) is 4.79 Å². The Morgan fingerprint density at radius 2 is 2.50 bits per heavy atom. The zero-order valence-corrected chi connectivity index (χ0v) is 5.76. The van der Waals surface area contributed by atoms with Crippen molar-refractivity contribution < 1.29 is 4.79 Å². The molecule has 0 aromatic rings. The average Bonchev–Trinajstić information content (AvgIpc) is 2.36. The van der Waals surface area contributed by atoms with E-state index in [1.165, 1.54) is 0 Å². The number of nitrogens with one attached hydrogen (secondary N) is 2. The van der Waals surface area contributed by atoms with Crippen LogP contribution in [0.2, 0.25) is 0 Å². The topological polar surface area (TPSA) is 44.4 Å². The molecule has 2 rings (SSSR count). The van der Waals surface area contributed by atoms with Crippen LogP contribution in [0.5, 0.6) is 0 Å². The first-order valence-corrected chi connectivity index (χ1v) is 3.65. The summed E-state index contributed by atoms with van der Waals surface area (Å²) < 4.78 is 0. The number of hydrogen-bond donors (Lipinski definition) is 2. The molecule has 2 aliphatic rings. The fraction of sp³-hybridized carbons (Fsp3) is 0.833. The number of amides is 1. The summed E-state index contributed by atoms with van der Waals surface area (Å²) >= 11 is 0. The lowest BCUT2D eigenvalue weighted by Gasteiger charge is -2.29. The lowest BCUT2D eigenvalue weighted by molar-refractivity contribution is -0.129. The smallest absolute Gasteiger partial charge is 0.251 e. The summed E-state index contributed by atoms with van der Waals surface area (Å²) in [7, 11) is 0. The van der Waals surface area contributed by atoms with Gasteiger partial charge in [0, 0.05) is 6.54 Å². The van der Waals surface area contributed by atoms with Gasteiger partial charge >= 0.3 is 0 Å². The van der Waals surface area contributed by atoms with E-state index in [9.17, 15) is 4.79 Å². The van der Waals surface area contributed by atoms with Crippen molar-refractivity contribution in [2.24, 2.45) is 0 Å². The largest absolute Gasteiger partial charge is 0.289 e. The first kappa shape index (κ1) is 6.12. The van der Waals surface area contributed by atoms with Gasteiger partial charge in [-0.1, -0.05) is 0 Å². The van der Waals surface area contributed by atoms with Crippen LogP contribution in [0.15, 0.2) is 0 Å². The Morgan fingerprint density at radius 1 is 1.60 bits per heavy atom. The van der Waals surface area contributed by atoms with Gasteiger partial charge in [0.15, 0.2) is 0 Å². The first-order valence-electron chi connectivity index (χ1n) is 3.65. The van der Waals surface area contributed by atoms with Gasteiger partial charge in [-0.3, -0.25) is 15.1 Å². The van der Waals surface area contributed by atoms with E-state index in [4.69, 9.17) is 0 Å². The molecule has 0 radical (unpaired) electrons. The highest BCUT2D eigenvalue weighted by molar-refractivity contribution is 5.82. The number of hydrazine groups is 1. The molecule has 4 heteroatoms. The molecule has 0 aromatic heterocycles. The Balaban J connectivity index is 2.10. The Hall–Kier alpha value is -0.610. The van der Waals surface area contributed by atoms with Crippen molar-refractivity contribution in [3.63, 3.8) is 0 Å². The van der Waals surface area contributed by atoms with Gasteiger partial charge in [0.2, 0.25) is 0 Å². The number of carbonyl (C=O) groups excluding carboxylic acids is 1. The average molecular weight is 141 g/mol. The minimum absolute atomic E-state index is 0.128. The lowest BCUT2D eigenvalue weighted by atomic mass is 10.2. The molecule has 4 nitrogen and oxygen atoms in total. The van der Waals surface area contributed by atoms with Crippen LogP contribution in [0, 0.1) is 0 Å². The van der Waals surface area contributed by atoms with Gasteiger partial charge < -0.3 is 0 Å². The minimum atomic E-state index is 0.128. The second kappa shape index (κ2) is 2.21. The molecule has 10 heavy (non-hydrogen) atoms. The number of carbonyl (C=O) groups is 1.